The second kappa shape index (κ2) is 5.27. The van der Waals surface area contributed by atoms with E-state index in [1.807, 2.05) is 22.9 Å². The van der Waals surface area contributed by atoms with E-state index in [0.29, 0.717) is 34.6 Å². The molecule has 0 atom stereocenters. The number of halogens is 1. The fraction of sp³-hybridized carbons (Fsp3) is 0.188. The Labute approximate surface area is 134 Å². The molecule has 0 aliphatic carbocycles. The van der Waals surface area contributed by atoms with E-state index in [4.69, 9.17) is 0 Å². The molecule has 0 fully saturated rings. The van der Waals surface area contributed by atoms with Crippen LogP contribution in [0.1, 0.15) is 12.7 Å². The zero-order valence-corrected chi connectivity index (χ0v) is 13.2. The Kier molecular flexibility index (Phi) is 3.23. The summed E-state index contributed by atoms with van der Waals surface area (Å²) < 4.78 is 17.6. The molecule has 7 heteroatoms. The smallest absolute Gasteiger partial charge is 0.271 e. The molecular weight excluding hydrogens is 315 g/mol. The van der Waals surface area contributed by atoms with Gasteiger partial charge in [0.15, 0.2) is 0 Å². The SMILES string of the molecule is CCn1c(Cn2cnc3ccsc3c2=O)nc2cc(F)ccc21. The van der Waals surface area contributed by atoms with Crippen LogP contribution in [0, 0.1) is 5.82 Å². The lowest BCUT2D eigenvalue weighted by molar-refractivity contribution is 0.629. The summed E-state index contributed by atoms with van der Waals surface area (Å²) in [6, 6.07) is 6.38. The summed E-state index contributed by atoms with van der Waals surface area (Å²) in [5, 5.41) is 1.85. The molecule has 0 bridgehead atoms. The van der Waals surface area contributed by atoms with Crippen LogP contribution >= 0.6 is 11.3 Å². The van der Waals surface area contributed by atoms with Crippen molar-refractivity contribution < 1.29 is 4.39 Å². The number of hydrogen-bond donors (Lipinski definition) is 0. The van der Waals surface area contributed by atoms with Gasteiger partial charge in [0.05, 0.1) is 29.4 Å². The van der Waals surface area contributed by atoms with Crippen LogP contribution in [-0.2, 0) is 13.1 Å². The minimum atomic E-state index is -0.316. The first kappa shape index (κ1) is 14.1. The largest absolute Gasteiger partial charge is 0.327 e. The Balaban J connectivity index is 1.85. The molecule has 0 unspecified atom stereocenters. The van der Waals surface area contributed by atoms with Gasteiger partial charge in [0.1, 0.15) is 16.3 Å². The number of aryl methyl sites for hydroxylation is 1. The highest BCUT2D eigenvalue weighted by molar-refractivity contribution is 7.17. The van der Waals surface area contributed by atoms with E-state index in [0.717, 1.165) is 5.52 Å². The molecule has 0 aliphatic rings. The number of aromatic nitrogens is 4. The second-order valence-corrected chi connectivity index (χ2v) is 6.13. The number of fused-ring (bicyclic) bond motifs is 2. The molecule has 0 saturated carbocycles. The Hall–Kier alpha value is -2.54. The maximum absolute atomic E-state index is 13.4. The minimum absolute atomic E-state index is 0.0779. The van der Waals surface area contributed by atoms with Crippen LogP contribution in [0.4, 0.5) is 4.39 Å². The third-order valence-corrected chi connectivity index (χ3v) is 4.74. The quantitative estimate of drug-likeness (QED) is 0.581. The number of thiophene rings is 1. The van der Waals surface area contributed by atoms with Gasteiger partial charge in [-0.15, -0.1) is 11.3 Å². The number of rotatable bonds is 3. The van der Waals surface area contributed by atoms with E-state index >= 15 is 0 Å². The van der Waals surface area contributed by atoms with E-state index < -0.39 is 0 Å². The molecule has 0 saturated heterocycles. The third kappa shape index (κ3) is 2.24. The van der Waals surface area contributed by atoms with Crippen molar-refractivity contribution in [3.63, 3.8) is 0 Å². The molecule has 0 radical (unpaired) electrons. The van der Waals surface area contributed by atoms with Crippen LogP contribution in [-0.4, -0.2) is 19.1 Å². The number of hydrogen-bond acceptors (Lipinski definition) is 4. The van der Waals surface area contributed by atoms with Crippen molar-refractivity contribution in [3.05, 3.63) is 58.0 Å². The molecule has 0 N–H and O–H groups in total. The van der Waals surface area contributed by atoms with Crippen molar-refractivity contribution in [1.82, 2.24) is 19.1 Å². The zero-order chi connectivity index (χ0) is 16.0. The standard InChI is InChI=1S/C16H13FN4OS/c1-2-21-13-4-3-10(17)7-12(13)19-14(21)8-20-9-18-11-5-6-23-15(11)16(20)22/h3-7,9H,2,8H2,1H3. The first-order valence-corrected chi connectivity index (χ1v) is 8.12. The van der Waals surface area contributed by atoms with Gasteiger partial charge in [0.2, 0.25) is 0 Å². The van der Waals surface area contributed by atoms with E-state index in [1.165, 1.54) is 29.8 Å². The van der Waals surface area contributed by atoms with Crippen LogP contribution in [0.3, 0.4) is 0 Å². The van der Waals surface area contributed by atoms with Gasteiger partial charge in [0.25, 0.3) is 5.56 Å². The summed E-state index contributed by atoms with van der Waals surface area (Å²) in [6.45, 7) is 3.00. The number of benzene rings is 1. The fourth-order valence-corrected chi connectivity index (χ4v) is 3.56. The summed E-state index contributed by atoms with van der Waals surface area (Å²) >= 11 is 1.38. The normalized spacial score (nSPS) is 11.6. The molecular formula is C16H13FN4OS. The van der Waals surface area contributed by atoms with Crippen molar-refractivity contribution >= 4 is 32.6 Å². The van der Waals surface area contributed by atoms with Gasteiger partial charge in [-0.05, 0) is 30.5 Å². The maximum Gasteiger partial charge on any atom is 0.271 e. The minimum Gasteiger partial charge on any atom is -0.327 e. The van der Waals surface area contributed by atoms with Crippen molar-refractivity contribution in [2.75, 3.05) is 0 Å². The highest BCUT2D eigenvalue weighted by Crippen LogP contribution is 2.19. The molecule has 3 aromatic heterocycles. The fourth-order valence-electron chi connectivity index (χ4n) is 2.77. The topological polar surface area (TPSA) is 52.7 Å². The van der Waals surface area contributed by atoms with Crippen molar-refractivity contribution in [1.29, 1.82) is 0 Å². The summed E-state index contributed by atoms with van der Waals surface area (Å²) in [5.74, 6) is 0.400. The summed E-state index contributed by atoms with van der Waals surface area (Å²) in [6.07, 6.45) is 1.54. The highest BCUT2D eigenvalue weighted by atomic mass is 32.1. The first-order valence-electron chi connectivity index (χ1n) is 7.24. The highest BCUT2D eigenvalue weighted by Gasteiger charge is 2.13. The summed E-state index contributed by atoms with van der Waals surface area (Å²) in [5.41, 5.74) is 2.09. The van der Waals surface area contributed by atoms with Gasteiger partial charge in [-0.1, -0.05) is 0 Å². The third-order valence-electron chi connectivity index (χ3n) is 3.85. The molecule has 0 spiro atoms. The van der Waals surface area contributed by atoms with Gasteiger partial charge in [-0.2, -0.15) is 0 Å². The van der Waals surface area contributed by atoms with E-state index in [9.17, 15) is 9.18 Å². The van der Waals surface area contributed by atoms with Gasteiger partial charge >= 0.3 is 0 Å². The maximum atomic E-state index is 13.4. The molecule has 5 nitrogen and oxygen atoms in total. The molecule has 3 heterocycles. The zero-order valence-electron chi connectivity index (χ0n) is 12.4. The summed E-state index contributed by atoms with van der Waals surface area (Å²) in [7, 11) is 0. The monoisotopic (exact) mass is 328 g/mol. The van der Waals surface area contributed by atoms with E-state index in [2.05, 4.69) is 9.97 Å². The lowest BCUT2D eigenvalue weighted by Gasteiger charge is -2.08. The summed E-state index contributed by atoms with van der Waals surface area (Å²) in [4.78, 5) is 21.3. The first-order chi connectivity index (χ1) is 11.2. The van der Waals surface area contributed by atoms with Crippen molar-refractivity contribution in [3.8, 4) is 0 Å². The average Bonchev–Trinajstić information content (AvgIpc) is 3.13. The van der Waals surface area contributed by atoms with Crippen LogP contribution in [0.5, 0.6) is 0 Å². The molecule has 1 aromatic carbocycles. The lowest BCUT2D eigenvalue weighted by Crippen LogP contribution is -2.22. The predicted octanol–water partition coefficient (Wildman–Crippen LogP) is 3.02. The molecule has 4 rings (SSSR count). The Morgan fingerprint density at radius 2 is 2.13 bits per heavy atom. The average molecular weight is 328 g/mol. The van der Waals surface area contributed by atoms with Crippen LogP contribution in [0.25, 0.3) is 21.3 Å². The molecule has 4 aromatic rings. The molecule has 0 aliphatic heterocycles. The van der Waals surface area contributed by atoms with E-state index in [-0.39, 0.29) is 11.4 Å². The molecule has 0 amide bonds. The number of nitrogens with zero attached hydrogens (tertiary/aromatic N) is 4. The van der Waals surface area contributed by atoms with Gasteiger partial charge < -0.3 is 4.57 Å². The van der Waals surface area contributed by atoms with Crippen molar-refractivity contribution in [2.45, 2.75) is 20.0 Å². The molecule has 116 valence electrons. The van der Waals surface area contributed by atoms with Crippen LogP contribution in [0.15, 0.2) is 40.8 Å². The number of imidazole rings is 1. The molecule has 23 heavy (non-hydrogen) atoms. The second-order valence-electron chi connectivity index (χ2n) is 5.22. The van der Waals surface area contributed by atoms with Crippen LogP contribution in [0.2, 0.25) is 0 Å². The predicted molar refractivity (Wildman–Crippen MR) is 88.3 cm³/mol. The van der Waals surface area contributed by atoms with Crippen LogP contribution < -0.4 is 5.56 Å². The Morgan fingerprint density at radius 1 is 1.26 bits per heavy atom. The van der Waals surface area contributed by atoms with Gasteiger partial charge in [0, 0.05) is 12.6 Å². The Morgan fingerprint density at radius 3 is 2.96 bits per heavy atom. The van der Waals surface area contributed by atoms with E-state index in [1.54, 1.807) is 10.6 Å². The van der Waals surface area contributed by atoms with Gasteiger partial charge in [-0.25, -0.2) is 14.4 Å². The lowest BCUT2D eigenvalue weighted by atomic mass is 10.3. The Bertz CT molecular complexity index is 1080. The van der Waals surface area contributed by atoms with Gasteiger partial charge in [-0.3, -0.25) is 9.36 Å². The van der Waals surface area contributed by atoms with Crippen molar-refractivity contribution in [2.24, 2.45) is 0 Å².